The van der Waals surface area contributed by atoms with Crippen LogP contribution in [-0.4, -0.2) is 50.2 Å². The van der Waals surface area contributed by atoms with E-state index in [1.54, 1.807) is 6.92 Å². The second-order valence-electron chi connectivity index (χ2n) is 8.24. The van der Waals surface area contributed by atoms with E-state index in [1.165, 1.54) is 0 Å². The number of carbonyl (C=O) groups is 1. The molecule has 6 nitrogen and oxygen atoms in total. The van der Waals surface area contributed by atoms with Gasteiger partial charge < -0.3 is 9.64 Å². The molecule has 2 heterocycles. The third kappa shape index (κ3) is 4.93. The first kappa shape index (κ1) is 21.8. The summed E-state index contributed by atoms with van der Waals surface area (Å²) in [5.41, 5.74) is 3.12. The maximum Gasteiger partial charge on any atom is 0.222 e. The van der Waals surface area contributed by atoms with Crippen LogP contribution in [0.3, 0.4) is 0 Å². The molecule has 0 radical (unpaired) electrons. The third-order valence-electron chi connectivity index (χ3n) is 6.22. The van der Waals surface area contributed by atoms with E-state index in [0.29, 0.717) is 32.4 Å². The lowest BCUT2D eigenvalue weighted by atomic mass is 9.95. The Hall–Kier alpha value is -2.38. The fourth-order valence-electron chi connectivity index (χ4n) is 4.55. The maximum atomic E-state index is 12.9. The molecule has 2 unspecified atom stereocenters. The van der Waals surface area contributed by atoms with Crippen molar-refractivity contribution in [3.63, 3.8) is 0 Å². The van der Waals surface area contributed by atoms with Gasteiger partial charge in [-0.25, -0.2) is 13.1 Å². The topological polar surface area (TPSA) is 75.7 Å². The first-order valence-corrected chi connectivity index (χ1v) is 12.7. The summed E-state index contributed by atoms with van der Waals surface area (Å²) in [6.45, 7) is 2.77. The summed E-state index contributed by atoms with van der Waals surface area (Å²) < 4.78 is 33.7. The number of hydrogen-bond acceptors (Lipinski definition) is 4. The van der Waals surface area contributed by atoms with Crippen LogP contribution in [0.15, 0.2) is 48.5 Å². The Morgan fingerprint density at radius 1 is 1.10 bits per heavy atom. The number of sulfonamides is 1. The van der Waals surface area contributed by atoms with Crippen LogP contribution in [0.2, 0.25) is 0 Å². The van der Waals surface area contributed by atoms with Crippen LogP contribution in [0.25, 0.3) is 11.1 Å². The van der Waals surface area contributed by atoms with Gasteiger partial charge in [-0.15, -0.1) is 0 Å². The molecule has 31 heavy (non-hydrogen) atoms. The number of rotatable bonds is 4. The first-order valence-electron chi connectivity index (χ1n) is 11.1. The Labute approximate surface area is 184 Å². The van der Waals surface area contributed by atoms with Crippen molar-refractivity contribution >= 4 is 15.9 Å². The summed E-state index contributed by atoms with van der Waals surface area (Å²) >= 11 is 0. The number of fused-ring (bicyclic) bond motifs is 2. The molecular weight excluding hydrogens is 412 g/mol. The van der Waals surface area contributed by atoms with E-state index in [1.807, 2.05) is 35.2 Å². The van der Waals surface area contributed by atoms with Gasteiger partial charge >= 0.3 is 0 Å². The third-order valence-corrected chi connectivity index (χ3v) is 7.64. The van der Waals surface area contributed by atoms with Crippen molar-refractivity contribution in [2.45, 2.75) is 51.1 Å². The van der Waals surface area contributed by atoms with Gasteiger partial charge in [0, 0.05) is 24.6 Å². The molecule has 2 aromatic carbocycles. The molecular formula is C24H30N2O4S. The molecule has 0 aromatic heterocycles. The highest BCUT2D eigenvalue weighted by Crippen LogP contribution is 2.36. The monoisotopic (exact) mass is 442 g/mol. The van der Waals surface area contributed by atoms with Crippen molar-refractivity contribution in [3.8, 4) is 16.9 Å². The van der Waals surface area contributed by atoms with Crippen LogP contribution in [0.5, 0.6) is 5.75 Å². The molecule has 1 N–H and O–H groups in total. The predicted molar refractivity (Wildman–Crippen MR) is 121 cm³/mol. The zero-order chi connectivity index (χ0) is 21.8. The van der Waals surface area contributed by atoms with Crippen molar-refractivity contribution in [2.24, 2.45) is 0 Å². The van der Waals surface area contributed by atoms with E-state index in [-0.39, 0.29) is 23.7 Å². The average molecular weight is 443 g/mol. The SMILES string of the molecule is CCS(=O)(=O)NC1CCN2C(=O)CCCCOc3c(cccc3-c3ccccc3)CC12. The lowest BCUT2D eigenvalue weighted by Crippen LogP contribution is -2.48. The Bertz CT molecular complexity index is 1020. The van der Waals surface area contributed by atoms with Gasteiger partial charge in [0.1, 0.15) is 5.75 Å². The molecule has 1 saturated heterocycles. The minimum absolute atomic E-state index is 0.0298. The largest absolute Gasteiger partial charge is 0.493 e. The molecule has 2 atom stereocenters. The molecule has 2 aromatic rings. The molecule has 0 saturated carbocycles. The fraction of sp³-hybridized carbons (Fsp3) is 0.458. The molecule has 0 aliphatic carbocycles. The second kappa shape index (κ2) is 9.40. The quantitative estimate of drug-likeness (QED) is 0.788. The van der Waals surface area contributed by atoms with Crippen molar-refractivity contribution in [1.29, 1.82) is 0 Å². The van der Waals surface area contributed by atoms with Crippen LogP contribution >= 0.6 is 0 Å². The molecule has 166 valence electrons. The number of nitrogens with one attached hydrogen (secondary N) is 1. The number of nitrogens with zero attached hydrogens (tertiary/aromatic N) is 1. The van der Waals surface area contributed by atoms with Gasteiger partial charge in [-0.1, -0.05) is 48.5 Å². The van der Waals surface area contributed by atoms with Crippen LogP contribution in [0.1, 0.15) is 38.2 Å². The van der Waals surface area contributed by atoms with E-state index in [9.17, 15) is 13.2 Å². The van der Waals surface area contributed by atoms with Crippen LogP contribution < -0.4 is 9.46 Å². The summed E-state index contributed by atoms with van der Waals surface area (Å²) in [7, 11) is -3.36. The minimum atomic E-state index is -3.36. The molecule has 0 spiro atoms. The van der Waals surface area contributed by atoms with Crippen molar-refractivity contribution in [3.05, 3.63) is 54.1 Å². The normalized spacial score (nSPS) is 22.2. The Kier molecular flexibility index (Phi) is 6.62. The number of para-hydroxylation sites is 1. The van der Waals surface area contributed by atoms with Crippen molar-refractivity contribution in [1.82, 2.24) is 9.62 Å². The lowest BCUT2D eigenvalue weighted by molar-refractivity contribution is -0.132. The van der Waals surface area contributed by atoms with Gasteiger partial charge in [0.2, 0.25) is 15.9 Å². The molecule has 4 rings (SSSR count). The van der Waals surface area contributed by atoms with Gasteiger partial charge in [0.05, 0.1) is 18.4 Å². The van der Waals surface area contributed by atoms with Gasteiger partial charge in [-0.3, -0.25) is 4.79 Å². The highest BCUT2D eigenvalue weighted by molar-refractivity contribution is 7.89. The van der Waals surface area contributed by atoms with Gasteiger partial charge in [0.15, 0.2) is 0 Å². The molecule has 2 aliphatic heterocycles. The Morgan fingerprint density at radius 3 is 2.68 bits per heavy atom. The average Bonchev–Trinajstić information content (AvgIpc) is 3.14. The lowest BCUT2D eigenvalue weighted by Gasteiger charge is -2.29. The zero-order valence-corrected chi connectivity index (χ0v) is 18.7. The number of hydrogen-bond donors (Lipinski definition) is 1. The molecule has 1 amide bonds. The van der Waals surface area contributed by atoms with Gasteiger partial charge in [-0.2, -0.15) is 0 Å². The summed E-state index contributed by atoms with van der Waals surface area (Å²) in [6.07, 6.45) is 3.22. The molecule has 7 heteroatoms. The van der Waals surface area contributed by atoms with Crippen molar-refractivity contribution < 1.29 is 17.9 Å². The molecule has 1 fully saturated rings. The van der Waals surface area contributed by atoms with Crippen LogP contribution in [-0.2, 0) is 21.2 Å². The fourth-order valence-corrected chi connectivity index (χ4v) is 5.45. The van der Waals surface area contributed by atoms with E-state index in [4.69, 9.17) is 4.74 Å². The second-order valence-corrected chi connectivity index (χ2v) is 10.3. The standard InChI is InChI=1S/C24H30N2O4S/c1-2-31(28,29)25-21-14-15-26-22(21)17-19-11-8-12-20(18-9-4-3-5-10-18)24(19)30-16-7-6-13-23(26)27/h3-5,8-12,21-22,25H,2,6-7,13-17H2,1H3. The molecule has 2 aliphatic rings. The highest BCUT2D eigenvalue weighted by Gasteiger charge is 2.39. The van der Waals surface area contributed by atoms with Gasteiger partial charge in [0.25, 0.3) is 0 Å². The van der Waals surface area contributed by atoms with Gasteiger partial charge in [-0.05, 0) is 43.7 Å². The zero-order valence-electron chi connectivity index (χ0n) is 17.9. The number of carbonyl (C=O) groups excluding carboxylic acids is 1. The summed E-state index contributed by atoms with van der Waals surface area (Å²) in [4.78, 5) is 14.8. The van der Waals surface area contributed by atoms with E-state index in [2.05, 4.69) is 22.9 Å². The van der Waals surface area contributed by atoms with Crippen molar-refractivity contribution in [2.75, 3.05) is 18.9 Å². The Morgan fingerprint density at radius 2 is 1.90 bits per heavy atom. The van der Waals surface area contributed by atoms with E-state index in [0.717, 1.165) is 35.3 Å². The number of amides is 1. The van der Waals surface area contributed by atoms with Crippen LogP contribution in [0, 0.1) is 0 Å². The first-order chi connectivity index (χ1) is 15.0. The predicted octanol–water partition coefficient (Wildman–Crippen LogP) is 3.37. The van der Waals surface area contributed by atoms with E-state index >= 15 is 0 Å². The van der Waals surface area contributed by atoms with E-state index < -0.39 is 10.0 Å². The smallest absolute Gasteiger partial charge is 0.222 e. The summed E-state index contributed by atoms with van der Waals surface area (Å²) in [5.74, 6) is 0.972. The number of ether oxygens (including phenoxy) is 1. The maximum absolute atomic E-state index is 12.9. The highest BCUT2D eigenvalue weighted by atomic mass is 32.2. The number of benzene rings is 2. The summed E-state index contributed by atoms with van der Waals surface area (Å²) in [5, 5.41) is 0. The molecule has 0 bridgehead atoms. The summed E-state index contributed by atoms with van der Waals surface area (Å²) in [6, 6.07) is 15.7. The minimum Gasteiger partial charge on any atom is -0.493 e. The Balaban J connectivity index is 1.74. The van der Waals surface area contributed by atoms with Crippen LogP contribution in [0.4, 0.5) is 0 Å².